The molecule has 4 rings (SSSR count). The Kier molecular flexibility index (Phi) is 5.12. The Labute approximate surface area is 174 Å². The molecular weight excluding hydrogens is 406 g/mol. The molecule has 0 aliphatic carbocycles. The fraction of sp³-hybridized carbons (Fsp3) is 0.211. The molecule has 1 aliphatic rings. The van der Waals surface area contributed by atoms with Crippen molar-refractivity contribution in [3.8, 4) is 0 Å². The van der Waals surface area contributed by atoms with Gasteiger partial charge in [-0.05, 0) is 32.0 Å². The average molecular weight is 430 g/mol. The Morgan fingerprint density at radius 1 is 1.13 bits per heavy atom. The van der Waals surface area contributed by atoms with Crippen LogP contribution in [0.25, 0.3) is 16.7 Å². The molecule has 0 amide bonds. The quantitative estimate of drug-likeness (QED) is 0.547. The second kappa shape index (κ2) is 7.61. The molecule has 0 spiro atoms. The van der Waals surface area contributed by atoms with Gasteiger partial charge in [0.2, 0.25) is 0 Å². The topological polar surface area (TPSA) is 118 Å². The lowest BCUT2D eigenvalue weighted by Gasteiger charge is -2.28. The zero-order chi connectivity index (χ0) is 21.5. The first-order valence-electron chi connectivity index (χ1n) is 9.27. The Balaban J connectivity index is 1.95. The van der Waals surface area contributed by atoms with Crippen molar-refractivity contribution in [1.29, 1.82) is 0 Å². The summed E-state index contributed by atoms with van der Waals surface area (Å²) in [5, 5.41) is 8.19. The van der Waals surface area contributed by atoms with Gasteiger partial charge in [0.1, 0.15) is 5.70 Å². The summed E-state index contributed by atoms with van der Waals surface area (Å²) in [6, 6.07) is 15.1. The van der Waals surface area contributed by atoms with Gasteiger partial charge in [-0.3, -0.25) is 15.0 Å². The number of hydrogen-bond donors (Lipinski definition) is 3. The van der Waals surface area contributed by atoms with E-state index in [9.17, 15) is 8.42 Å². The third kappa shape index (κ3) is 3.59. The smallest absolute Gasteiger partial charge is 0.297 e. The Morgan fingerprint density at radius 3 is 2.50 bits per heavy atom. The van der Waals surface area contributed by atoms with Gasteiger partial charge in [0.25, 0.3) is 10.2 Å². The maximum Gasteiger partial charge on any atom is 0.297 e. The van der Waals surface area contributed by atoms with E-state index >= 15 is 0 Å². The molecule has 1 aromatic heterocycles. The van der Waals surface area contributed by atoms with Crippen molar-refractivity contribution in [2.45, 2.75) is 19.9 Å². The van der Waals surface area contributed by atoms with Crippen molar-refractivity contribution >= 4 is 32.6 Å². The van der Waals surface area contributed by atoms with Gasteiger partial charge < -0.3 is 4.57 Å². The first kappa shape index (κ1) is 20.2. The molecule has 3 aromatic rings. The highest BCUT2D eigenvalue weighted by Crippen LogP contribution is 2.33. The summed E-state index contributed by atoms with van der Waals surface area (Å²) < 4.78 is 28.4. The number of nitrogens with zero attached hydrogens (tertiary/aromatic N) is 4. The van der Waals surface area contributed by atoms with E-state index in [0.29, 0.717) is 22.5 Å². The predicted octanol–water partition coefficient (Wildman–Crippen LogP) is 1.84. The van der Waals surface area contributed by atoms with E-state index in [4.69, 9.17) is 9.98 Å². The maximum absolute atomic E-state index is 12.0. The predicted molar refractivity (Wildman–Crippen MR) is 114 cm³/mol. The van der Waals surface area contributed by atoms with Gasteiger partial charge in [-0.2, -0.15) is 8.42 Å². The van der Waals surface area contributed by atoms with Crippen LogP contribution in [0.2, 0.25) is 0 Å². The molecular formula is C19H23N7O3S. The number of fused-ring (bicyclic) bond motifs is 1. The van der Waals surface area contributed by atoms with Crippen molar-refractivity contribution < 1.29 is 13.3 Å². The van der Waals surface area contributed by atoms with Crippen molar-refractivity contribution in [3.05, 3.63) is 66.2 Å². The lowest BCUT2D eigenvalue weighted by Crippen LogP contribution is -2.46. The zero-order valence-electron chi connectivity index (χ0n) is 16.8. The van der Waals surface area contributed by atoms with E-state index in [0.717, 1.165) is 5.52 Å². The molecule has 4 N–H and O–H groups in total. The van der Waals surface area contributed by atoms with Gasteiger partial charge in [-0.1, -0.05) is 30.3 Å². The lowest BCUT2D eigenvalue weighted by atomic mass is 10.1. The number of rotatable bonds is 6. The summed E-state index contributed by atoms with van der Waals surface area (Å²) in [7, 11) is -2.61. The van der Waals surface area contributed by atoms with Crippen LogP contribution in [0.5, 0.6) is 0 Å². The van der Waals surface area contributed by atoms with Crippen LogP contribution in [0, 0.1) is 0 Å². The number of para-hydroxylation sites is 2. The molecule has 11 heteroatoms. The summed E-state index contributed by atoms with van der Waals surface area (Å²) in [4.78, 5) is 10.0. The van der Waals surface area contributed by atoms with Gasteiger partial charge in [0.15, 0.2) is 5.82 Å². The molecule has 0 saturated heterocycles. The largest absolute Gasteiger partial charge is 0.328 e. The fourth-order valence-corrected chi connectivity index (χ4v) is 3.87. The summed E-state index contributed by atoms with van der Waals surface area (Å²) in [6.07, 6.45) is 1.77. The summed E-state index contributed by atoms with van der Waals surface area (Å²) in [5.41, 5.74) is 6.54. The molecule has 0 atom stereocenters. The second-order valence-corrected chi connectivity index (χ2v) is 8.30. The highest BCUT2D eigenvalue weighted by Gasteiger charge is 2.35. The first-order chi connectivity index (χ1) is 14.3. The number of nitrogens with one attached hydrogen (secondary N) is 2. The highest BCUT2D eigenvalue weighted by atomic mass is 32.2. The van der Waals surface area contributed by atoms with Crippen LogP contribution in [0.4, 0.5) is 5.69 Å². The fourth-order valence-electron chi connectivity index (χ4n) is 3.41. The molecule has 0 fully saturated rings. The second-order valence-electron chi connectivity index (χ2n) is 7.00. The van der Waals surface area contributed by atoms with Crippen molar-refractivity contribution in [2.24, 2.45) is 5.14 Å². The number of nitrogens with two attached hydrogens (primary N) is 1. The van der Waals surface area contributed by atoms with Crippen LogP contribution in [0.3, 0.4) is 0 Å². The van der Waals surface area contributed by atoms with Crippen LogP contribution in [-0.2, 0) is 15.0 Å². The molecule has 0 radical (unpaired) electrons. The van der Waals surface area contributed by atoms with Crippen molar-refractivity contribution in [2.75, 3.05) is 12.1 Å². The maximum atomic E-state index is 12.0. The van der Waals surface area contributed by atoms with E-state index in [-0.39, 0.29) is 11.9 Å². The molecule has 2 aromatic carbocycles. The van der Waals surface area contributed by atoms with Gasteiger partial charge in [0, 0.05) is 16.9 Å². The van der Waals surface area contributed by atoms with E-state index < -0.39 is 10.2 Å². The molecule has 0 saturated carbocycles. The first-order valence-corrected chi connectivity index (χ1v) is 10.8. The Morgan fingerprint density at radius 2 is 1.87 bits per heavy atom. The van der Waals surface area contributed by atoms with E-state index in [1.54, 1.807) is 6.33 Å². The SMILES string of the molecule is CON1NC(c2cccc3c2ncn3C(C)C)=C(NS(N)(=O)=O)N1c1ccccc1. The third-order valence-corrected chi connectivity index (χ3v) is 5.16. The van der Waals surface area contributed by atoms with Crippen LogP contribution in [0.15, 0.2) is 60.7 Å². The summed E-state index contributed by atoms with van der Waals surface area (Å²) >= 11 is 0. The minimum Gasteiger partial charge on any atom is -0.328 e. The number of imidazole rings is 1. The zero-order valence-corrected chi connectivity index (χ0v) is 17.6. The molecule has 158 valence electrons. The minimum atomic E-state index is -4.08. The van der Waals surface area contributed by atoms with E-state index in [1.165, 1.54) is 17.4 Å². The highest BCUT2D eigenvalue weighted by molar-refractivity contribution is 7.87. The van der Waals surface area contributed by atoms with E-state index in [2.05, 4.69) is 29.0 Å². The van der Waals surface area contributed by atoms with Crippen molar-refractivity contribution in [3.63, 3.8) is 0 Å². The van der Waals surface area contributed by atoms with Crippen LogP contribution in [0.1, 0.15) is 25.5 Å². The molecule has 0 bridgehead atoms. The number of benzene rings is 2. The van der Waals surface area contributed by atoms with Gasteiger partial charge in [-0.15, -0.1) is 0 Å². The number of hydrazine groups is 2. The Hall–Kier alpha value is -3.12. The summed E-state index contributed by atoms with van der Waals surface area (Å²) in [5.74, 6) is 0.192. The monoisotopic (exact) mass is 429 g/mol. The Bertz CT molecular complexity index is 1210. The molecule has 0 unspecified atom stereocenters. The normalized spacial score (nSPS) is 15.3. The molecule has 30 heavy (non-hydrogen) atoms. The van der Waals surface area contributed by atoms with E-state index in [1.807, 2.05) is 53.1 Å². The molecule has 2 heterocycles. The van der Waals surface area contributed by atoms with Crippen molar-refractivity contribution in [1.82, 2.24) is 25.0 Å². The third-order valence-electron chi connectivity index (χ3n) is 4.68. The van der Waals surface area contributed by atoms with Gasteiger partial charge in [0.05, 0.1) is 30.2 Å². The number of anilines is 1. The molecule has 10 nitrogen and oxygen atoms in total. The number of hydrogen-bond acceptors (Lipinski definition) is 7. The molecule has 1 aliphatic heterocycles. The van der Waals surface area contributed by atoms with Crippen LogP contribution in [-0.4, -0.2) is 30.4 Å². The van der Waals surface area contributed by atoms with Crippen LogP contribution < -0.4 is 20.3 Å². The minimum absolute atomic E-state index is 0.192. The number of aromatic nitrogens is 2. The van der Waals surface area contributed by atoms with Crippen LogP contribution >= 0.6 is 0 Å². The standard InChI is InChI=1S/C19H23N7O3S/c1-13(2)24-12-21-17-15(10-7-11-16(17)24)18-19(23-30(20,27)28)25(26(22-18)29-3)14-8-5-4-6-9-14/h4-13,22-23H,1-3H3,(H2,20,27,28). The summed E-state index contributed by atoms with van der Waals surface area (Å²) in [6.45, 7) is 4.14. The average Bonchev–Trinajstić information content (AvgIpc) is 3.29. The lowest BCUT2D eigenvalue weighted by molar-refractivity contribution is -0.154. The van der Waals surface area contributed by atoms with Gasteiger partial charge in [-0.25, -0.2) is 15.1 Å². The van der Waals surface area contributed by atoms with Gasteiger partial charge >= 0.3 is 0 Å².